The number of halogens is 3. The maximum absolute atomic E-state index is 10.9. The van der Waals surface area contributed by atoms with Gasteiger partial charge in [0.1, 0.15) is 5.69 Å². The summed E-state index contributed by atoms with van der Waals surface area (Å²) in [5.41, 5.74) is 0.452. The van der Waals surface area contributed by atoms with Crippen LogP contribution in [0.15, 0.2) is 18.2 Å². The predicted octanol–water partition coefficient (Wildman–Crippen LogP) is 3.53. The number of anilines is 1. The van der Waals surface area contributed by atoms with Crippen molar-refractivity contribution in [2.75, 3.05) is 29.7 Å². The normalized spacial score (nSPS) is 10.3. The van der Waals surface area contributed by atoms with Crippen LogP contribution in [0.25, 0.3) is 0 Å². The Morgan fingerprint density at radius 1 is 1.24 bits per heavy atom. The SMILES string of the molecule is O=[N+]([O-])c1ccc(Cl)cc1N(CCCl)CCCl. The molecular formula is C10H11Cl3N2O2. The van der Waals surface area contributed by atoms with E-state index in [0.717, 1.165) is 0 Å². The molecule has 17 heavy (non-hydrogen) atoms. The summed E-state index contributed by atoms with van der Waals surface area (Å²) in [6.07, 6.45) is 0. The summed E-state index contributed by atoms with van der Waals surface area (Å²) >= 11 is 17.2. The third kappa shape index (κ3) is 3.91. The van der Waals surface area contributed by atoms with Crippen LogP contribution in [0.4, 0.5) is 11.4 Å². The van der Waals surface area contributed by atoms with Crippen LogP contribution >= 0.6 is 34.8 Å². The Kier molecular flexibility index (Phi) is 5.82. The van der Waals surface area contributed by atoms with Crippen molar-refractivity contribution in [1.82, 2.24) is 0 Å². The molecule has 0 atom stereocenters. The third-order valence-electron chi connectivity index (χ3n) is 2.18. The van der Waals surface area contributed by atoms with Crippen molar-refractivity contribution in [2.45, 2.75) is 0 Å². The molecule has 0 spiro atoms. The summed E-state index contributed by atoms with van der Waals surface area (Å²) < 4.78 is 0. The van der Waals surface area contributed by atoms with Crippen molar-refractivity contribution in [3.05, 3.63) is 33.3 Å². The lowest BCUT2D eigenvalue weighted by Crippen LogP contribution is -2.28. The number of hydrogen-bond donors (Lipinski definition) is 0. The van der Waals surface area contributed by atoms with Crippen molar-refractivity contribution in [3.8, 4) is 0 Å². The summed E-state index contributed by atoms with van der Waals surface area (Å²) in [6.45, 7) is 0.963. The van der Waals surface area contributed by atoms with Crippen LogP contribution in [0.2, 0.25) is 5.02 Å². The highest BCUT2D eigenvalue weighted by Crippen LogP contribution is 2.31. The molecule has 0 radical (unpaired) electrons. The van der Waals surface area contributed by atoms with Gasteiger partial charge in [-0.2, -0.15) is 0 Å². The Morgan fingerprint density at radius 2 is 1.82 bits per heavy atom. The van der Waals surface area contributed by atoms with Gasteiger partial charge in [-0.1, -0.05) is 11.6 Å². The summed E-state index contributed by atoms with van der Waals surface area (Å²) in [6, 6.07) is 4.43. The molecule has 0 aliphatic carbocycles. The number of nitro benzene ring substituents is 1. The fourth-order valence-corrected chi connectivity index (χ4v) is 2.04. The molecule has 0 unspecified atom stereocenters. The molecule has 1 aromatic carbocycles. The van der Waals surface area contributed by atoms with Crippen molar-refractivity contribution < 1.29 is 4.92 Å². The second-order valence-corrected chi connectivity index (χ2v) is 4.45. The highest BCUT2D eigenvalue weighted by Gasteiger charge is 2.19. The Balaban J connectivity index is 3.14. The van der Waals surface area contributed by atoms with E-state index in [9.17, 15) is 10.1 Å². The zero-order valence-corrected chi connectivity index (χ0v) is 11.2. The minimum atomic E-state index is -0.443. The Bertz CT molecular complexity index is 395. The van der Waals surface area contributed by atoms with E-state index in [1.54, 1.807) is 11.0 Å². The highest BCUT2D eigenvalue weighted by molar-refractivity contribution is 6.31. The molecule has 0 bridgehead atoms. The van der Waals surface area contributed by atoms with Crippen molar-refractivity contribution in [3.63, 3.8) is 0 Å². The van der Waals surface area contributed by atoms with Crippen LogP contribution in [0.3, 0.4) is 0 Å². The molecule has 0 aromatic heterocycles. The van der Waals surface area contributed by atoms with Gasteiger partial charge in [-0.15, -0.1) is 23.2 Å². The van der Waals surface area contributed by atoms with E-state index in [1.165, 1.54) is 12.1 Å². The molecule has 0 fully saturated rings. The van der Waals surface area contributed by atoms with Gasteiger partial charge >= 0.3 is 0 Å². The van der Waals surface area contributed by atoms with Gasteiger partial charge in [0.15, 0.2) is 0 Å². The summed E-state index contributed by atoms with van der Waals surface area (Å²) in [5.74, 6) is 0.723. The maximum atomic E-state index is 10.9. The van der Waals surface area contributed by atoms with E-state index >= 15 is 0 Å². The van der Waals surface area contributed by atoms with Gasteiger partial charge in [0.2, 0.25) is 0 Å². The average Bonchev–Trinajstić information content (AvgIpc) is 2.28. The largest absolute Gasteiger partial charge is 0.364 e. The molecule has 94 valence electrons. The molecule has 0 aliphatic heterocycles. The quantitative estimate of drug-likeness (QED) is 0.458. The van der Waals surface area contributed by atoms with Crippen LogP contribution in [-0.2, 0) is 0 Å². The average molecular weight is 298 g/mol. The van der Waals surface area contributed by atoms with Gasteiger partial charge in [0.25, 0.3) is 5.69 Å². The second-order valence-electron chi connectivity index (χ2n) is 3.26. The van der Waals surface area contributed by atoms with Crippen LogP contribution in [0, 0.1) is 10.1 Å². The van der Waals surface area contributed by atoms with E-state index < -0.39 is 4.92 Å². The van der Waals surface area contributed by atoms with Crippen molar-refractivity contribution >= 4 is 46.2 Å². The molecular weight excluding hydrogens is 286 g/mol. The molecule has 0 aliphatic rings. The van der Waals surface area contributed by atoms with Gasteiger partial charge in [-0.3, -0.25) is 10.1 Å². The number of rotatable bonds is 6. The Labute approximate surface area is 114 Å². The minimum Gasteiger partial charge on any atom is -0.364 e. The standard InChI is InChI=1S/C10H11Cl3N2O2/c11-3-5-14(6-4-12)10-7-8(13)1-2-9(10)15(16)17/h1-2,7H,3-6H2. The first-order valence-corrected chi connectivity index (χ1v) is 6.35. The first kappa shape index (κ1) is 14.4. The van der Waals surface area contributed by atoms with E-state index in [0.29, 0.717) is 35.6 Å². The summed E-state index contributed by atoms with van der Waals surface area (Å²) in [5, 5.41) is 11.4. The van der Waals surface area contributed by atoms with E-state index in [-0.39, 0.29) is 5.69 Å². The molecule has 0 amide bonds. The molecule has 0 heterocycles. The number of nitro groups is 1. The molecule has 4 nitrogen and oxygen atoms in total. The van der Waals surface area contributed by atoms with E-state index in [1.807, 2.05) is 0 Å². The highest BCUT2D eigenvalue weighted by atomic mass is 35.5. The van der Waals surface area contributed by atoms with Crippen LogP contribution in [0.5, 0.6) is 0 Å². The van der Waals surface area contributed by atoms with Gasteiger partial charge in [0.05, 0.1) is 4.92 Å². The predicted molar refractivity (Wildman–Crippen MR) is 71.8 cm³/mol. The second kappa shape index (κ2) is 6.89. The number of nitrogens with zero attached hydrogens (tertiary/aromatic N) is 2. The fourth-order valence-electron chi connectivity index (χ4n) is 1.46. The summed E-state index contributed by atoms with van der Waals surface area (Å²) in [4.78, 5) is 12.2. The van der Waals surface area contributed by atoms with Gasteiger partial charge in [-0.05, 0) is 12.1 Å². The molecule has 0 saturated heterocycles. The van der Waals surface area contributed by atoms with Crippen LogP contribution < -0.4 is 4.90 Å². The van der Waals surface area contributed by atoms with Crippen LogP contribution in [0.1, 0.15) is 0 Å². The molecule has 1 aromatic rings. The lowest BCUT2D eigenvalue weighted by Gasteiger charge is -2.22. The van der Waals surface area contributed by atoms with Gasteiger partial charge in [-0.25, -0.2) is 0 Å². The van der Waals surface area contributed by atoms with Gasteiger partial charge < -0.3 is 4.90 Å². The lowest BCUT2D eigenvalue weighted by atomic mass is 10.2. The number of alkyl halides is 2. The smallest absolute Gasteiger partial charge is 0.292 e. The Morgan fingerprint density at radius 3 is 2.29 bits per heavy atom. The zero-order valence-electron chi connectivity index (χ0n) is 8.91. The van der Waals surface area contributed by atoms with E-state index in [2.05, 4.69) is 0 Å². The minimum absolute atomic E-state index is 0.00429. The zero-order chi connectivity index (χ0) is 12.8. The van der Waals surface area contributed by atoms with Crippen molar-refractivity contribution in [2.24, 2.45) is 0 Å². The first-order chi connectivity index (χ1) is 8.10. The fraction of sp³-hybridized carbons (Fsp3) is 0.400. The molecule has 0 saturated carbocycles. The molecule has 7 heteroatoms. The molecule has 1 rings (SSSR count). The third-order valence-corrected chi connectivity index (χ3v) is 2.76. The molecule has 0 N–H and O–H groups in total. The van der Waals surface area contributed by atoms with Crippen molar-refractivity contribution in [1.29, 1.82) is 0 Å². The van der Waals surface area contributed by atoms with Crippen LogP contribution in [-0.4, -0.2) is 29.8 Å². The van der Waals surface area contributed by atoms with E-state index in [4.69, 9.17) is 34.8 Å². The Hall–Kier alpha value is -0.710. The lowest BCUT2D eigenvalue weighted by molar-refractivity contribution is -0.384. The first-order valence-electron chi connectivity index (χ1n) is 4.91. The monoisotopic (exact) mass is 296 g/mol. The summed E-state index contributed by atoms with van der Waals surface area (Å²) in [7, 11) is 0. The van der Waals surface area contributed by atoms with Gasteiger partial charge in [0, 0.05) is 35.9 Å². The number of benzene rings is 1. The maximum Gasteiger partial charge on any atom is 0.292 e. The number of hydrogen-bond acceptors (Lipinski definition) is 3. The topological polar surface area (TPSA) is 46.4 Å².